The van der Waals surface area contributed by atoms with Crippen LogP contribution in [0.3, 0.4) is 0 Å². The molecule has 1 aliphatic rings. The summed E-state index contributed by atoms with van der Waals surface area (Å²) < 4.78 is 13.9. The average Bonchev–Trinajstić information content (AvgIpc) is 3.03. The van der Waals surface area contributed by atoms with E-state index in [4.69, 9.17) is 0 Å². The van der Waals surface area contributed by atoms with E-state index in [-0.39, 0.29) is 37.1 Å². The molecule has 1 atom stereocenters. The SMILES string of the molecule is Cc1nc(CNC(=O)C[C@H]2C(=O)NCCN2Cc2ccccc2F)n[nH]1. The summed E-state index contributed by atoms with van der Waals surface area (Å²) in [5.74, 6) is 0.315. The van der Waals surface area contributed by atoms with Crippen molar-refractivity contribution < 1.29 is 14.0 Å². The first-order valence-corrected chi connectivity index (χ1v) is 8.42. The number of benzene rings is 1. The predicted octanol–water partition coefficient (Wildman–Crippen LogP) is 0.259. The lowest BCUT2D eigenvalue weighted by Gasteiger charge is -2.34. The minimum Gasteiger partial charge on any atom is -0.353 e. The van der Waals surface area contributed by atoms with Crippen molar-refractivity contribution in [2.24, 2.45) is 0 Å². The van der Waals surface area contributed by atoms with E-state index in [0.29, 0.717) is 30.3 Å². The maximum atomic E-state index is 13.9. The number of carbonyl (C=O) groups is 2. The first-order valence-electron chi connectivity index (χ1n) is 8.42. The number of amides is 2. The molecule has 1 fully saturated rings. The summed E-state index contributed by atoms with van der Waals surface area (Å²) in [6, 6.07) is 5.81. The Hall–Kier alpha value is -2.81. The Morgan fingerprint density at radius 2 is 2.23 bits per heavy atom. The minimum atomic E-state index is -0.641. The monoisotopic (exact) mass is 360 g/mol. The highest BCUT2D eigenvalue weighted by molar-refractivity contribution is 5.88. The van der Waals surface area contributed by atoms with Gasteiger partial charge in [-0.25, -0.2) is 9.37 Å². The number of hydrogen-bond acceptors (Lipinski definition) is 5. The Balaban J connectivity index is 1.61. The molecule has 3 rings (SSSR count). The van der Waals surface area contributed by atoms with E-state index in [0.717, 1.165) is 0 Å². The van der Waals surface area contributed by atoms with Crippen LogP contribution in [0.4, 0.5) is 4.39 Å². The molecule has 9 heteroatoms. The van der Waals surface area contributed by atoms with E-state index in [1.807, 2.05) is 4.90 Å². The van der Waals surface area contributed by atoms with Gasteiger partial charge in [-0.3, -0.25) is 19.6 Å². The van der Waals surface area contributed by atoms with Crippen LogP contribution in [-0.4, -0.2) is 51.0 Å². The van der Waals surface area contributed by atoms with Crippen molar-refractivity contribution in [3.8, 4) is 0 Å². The number of carbonyl (C=O) groups excluding carboxylic acids is 2. The van der Waals surface area contributed by atoms with Gasteiger partial charge in [0, 0.05) is 25.2 Å². The topological polar surface area (TPSA) is 103 Å². The molecule has 2 amide bonds. The van der Waals surface area contributed by atoms with Gasteiger partial charge < -0.3 is 10.6 Å². The molecule has 3 N–H and O–H groups in total. The summed E-state index contributed by atoms with van der Waals surface area (Å²) >= 11 is 0. The van der Waals surface area contributed by atoms with Gasteiger partial charge in [-0.05, 0) is 13.0 Å². The molecule has 8 nitrogen and oxygen atoms in total. The smallest absolute Gasteiger partial charge is 0.237 e. The summed E-state index contributed by atoms with van der Waals surface area (Å²) in [6.45, 7) is 3.26. The van der Waals surface area contributed by atoms with Crippen LogP contribution < -0.4 is 10.6 Å². The number of hydrogen-bond donors (Lipinski definition) is 3. The number of H-pyrrole nitrogens is 1. The second-order valence-corrected chi connectivity index (χ2v) is 6.19. The van der Waals surface area contributed by atoms with Crippen molar-refractivity contribution in [3.05, 3.63) is 47.3 Å². The minimum absolute atomic E-state index is 0.0102. The van der Waals surface area contributed by atoms with Gasteiger partial charge in [0.15, 0.2) is 5.82 Å². The van der Waals surface area contributed by atoms with Crippen LogP contribution in [0.2, 0.25) is 0 Å². The summed E-state index contributed by atoms with van der Waals surface area (Å²) in [5.41, 5.74) is 0.504. The van der Waals surface area contributed by atoms with E-state index in [9.17, 15) is 14.0 Å². The van der Waals surface area contributed by atoms with Crippen LogP contribution in [0, 0.1) is 12.7 Å². The number of aromatic nitrogens is 3. The van der Waals surface area contributed by atoms with E-state index in [2.05, 4.69) is 25.8 Å². The van der Waals surface area contributed by atoms with Crippen LogP contribution in [0.5, 0.6) is 0 Å². The first kappa shape index (κ1) is 18.0. The van der Waals surface area contributed by atoms with Crippen molar-refractivity contribution in [2.75, 3.05) is 13.1 Å². The zero-order valence-electron chi connectivity index (χ0n) is 14.5. The van der Waals surface area contributed by atoms with Crippen LogP contribution in [0.25, 0.3) is 0 Å². The highest BCUT2D eigenvalue weighted by Crippen LogP contribution is 2.16. The number of piperazine rings is 1. The predicted molar refractivity (Wildman–Crippen MR) is 91.2 cm³/mol. The fourth-order valence-corrected chi connectivity index (χ4v) is 2.91. The van der Waals surface area contributed by atoms with E-state index in [1.54, 1.807) is 25.1 Å². The fraction of sp³-hybridized carbons (Fsp3) is 0.412. The van der Waals surface area contributed by atoms with Crippen molar-refractivity contribution in [1.29, 1.82) is 0 Å². The molecule has 1 aliphatic heterocycles. The van der Waals surface area contributed by atoms with Gasteiger partial charge in [0.1, 0.15) is 11.6 Å². The molecule has 1 saturated heterocycles. The van der Waals surface area contributed by atoms with Gasteiger partial charge in [-0.1, -0.05) is 18.2 Å². The molecule has 26 heavy (non-hydrogen) atoms. The molecule has 0 unspecified atom stereocenters. The number of aryl methyl sites for hydroxylation is 1. The molecular formula is C17H21FN6O2. The molecule has 0 radical (unpaired) electrons. The molecule has 0 saturated carbocycles. The largest absolute Gasteiger partial charge is 0.353 e. The number of nitrogens with zero attached hydrogens (tertiary/aromatic N) is 3. The van der Waals surface area contributed by atoms with Crippen molar-refractivity contribution in [3.63, 3.8) is 0 Å². The van der Waals surface area contributed by atoms with Gasteiger partial charge >= 0.3 is 0 Å². The highest BCUT2D eigenvalue weighted by Gasteiger charge is 2.31. The molecule has 0 aliphatic carbocycles. The third-order valence-corrected chi connectivity index (χ3v) is 4.24. The Bertz CT molecular complexity index is 793. The van der Waals surface area contributed by atoms with Crippen LogP contribution in [-0.2, 0) is 22.7 Å². The first-order chi connectivity index (χ1) is 12.5. The molecule has 2 aromatic rings. The third-order valence-electron chi connectivity index (χ3n) is 4.24. The maximum absolute atomic E-state index is 13.9. The second-order valence-electron chi connectivity index (χ2n) is 6.19. The fourth-order valence-electron chi connectivity index (χ4n) is 2.91. The van der Waals surface area contributed by atoms with E-state index < -0.39 is 6.04 Å². The highest BCUT2D eigenvalue weighted by atomic mass is 19.1. The third kappa shape index (κ3) is 4.42. The zero-order valence-corrected chi connectivity index (χ0v) is 14.5. The molecule has 2 heterocycles. The summed E-state index contributed by atoms with van der Waals surface area (Å²) in [4.78, 5) is 30.4. The number of halogens is 1. The quantitative estimate of drug-likeness (QED) is 0.686. The van der Waals surface area contributed by atoms with Crippen molar-refractivity contribution >= 4 is 11.8 Å². The Kier molecular flexibility index (Phi) is 5.57. The Morgan fingerprint density at radius 1 is 1.42 bits per heavy atom. The van der Waals surface area contributed by atoms with Gasteiger partial charge in [-0.2, -0.15) is 5.10 Å². The van der Waals surface area contributed by atoms with Crippen molar-refractivity contribution in [2.45, 2.75) is 32.5 Å². The molecule has 1 aromatic carbocycles. The Morgan fingerprint density at radius 3 is 2.96 bits per heavy atom. The molecular weight excluding hydrogens is 339 g/mol. The number of aromatic amines is 1. The van der Waals surface area contributed by atoms with Crippen molar-refractivity contribution in [1.82, 2.24) is 30.7 Å². The normalized spacial score (nSPS) is 17.8. The second kappa shape index (κ2) is 8.05. The van der Waals surface area contributed by atoms with E-state index in [1.165, 1.54) is 6.07 Å². The Labute approximate surface area is 150 Å². The lowest BCUT2D eigenvalue weighted by Crippen LogP contribution is -2.56. The van der Waals surface area contributed by atoms with Gasteiger partial charge in [0.25, 0.3) is 0 Å². The summed E-state index contributed by atoms with van der Waals surface area (Å²) in [7, 11) is 0. The number of rotatable bonds is 6. The lowest BCUT2D eigenvalue weighted by molar-refractivity contribution is -0.134. The lowest BCUT2D eigenvalue weighted by atomic mass is 10.1. The molecule has 138 valence electrons. The molecule has 0 bridgehead atoms. The number of nitrogens with one attached hydrogen (secondary N) is 3. The zero-order chi connectivity index (χ0) is 18.5. The average molecular weight is 360 g/mol. The van der Waals surface area contributed by atoms with Crippen LogP contribution >= 0.6 is 0 Å². The maximum Gasteiger partial charge on any atom is 0.237 e. The van der Waals surface area contributed by atoms with E-state index >= 15 is 0 Å². The van der Waals surface area contributed by atoms with Gasteiger partial charge in [0.05, 0.1) is 19.0 Å². The molecule has 0 spiro atoms. The molecule has 1 aromatic heterocycles. The summed E-state index contributed by atoms with van der Waals surface area (Å²) in [5, 5.41) is 12.1. The van der Waals surface area contributed by atoms with Crippen LogP contribution in [0.15, 0.2) is 24.3 Å². The standard InChI is InChI=1S/C17H21FN6O2/c1-11-21-15(23-22-11)9-20-16(25)8-14-17(26)19-6-7-24(14)10-12-4-2-3-5-13(12)18/h2-5,14H,6-10H2,1H3,(H,19,26)(H,20,25)(H,21,22,23)/t14-/m0/s1. The van der Waals surface area contributed by atoms with Gasteiger partial charge in [0.2, 0.25) is 11.8 Å². The van der Waals surface area contributed by atoms with Crippen LogP contribution in [0.1, 0.15) is 23.6 Å². The van der Waals surface area contributed by atoms with Gasteiger partial charge in [-0.15, -0.1) is 0 Å². The summed E-state index contributed by atoms with van der Waals surface area (Å²) in [6.07, 6.45) is -0.0102.